The topological polar surface area (TPSA) is 131 Å². The number of nitrogens with one attached hydrogen (secondary N) is 3. The van der Waals surface area contributed by atoms with Gasteiger partial charge in [0.15, 0.2) is 11.5 Å². The standard InChI is InChI=1S/C27H21F3N10O/c1-15-3-4-17(7-22(15)37-26-31-5-6-40(26)24-21-11-35-38-23(21)32-13-33-24)25(41)36-19-8-18(27(28,29)30)9-20(10-19)39-12-16(2)34-14-39/h3-14H,1-2H3,(H,31,37)(H,36,41)(H,32,33,35,38). The highest BCUT2D eigenvalue weighted by Crippen LogP contribution is 2.33. The molecule has 0 unspecified atom stereocenters. The minimum absolute atomic E-state index is 0.00954. The van der Waals surface area contributed by atoms with Gasteiger partial charge < -0.3 is 15.2 Å². The number of fused-ring (bicyclic) bond motifs is 1. The lowest BCUT2D eigenvalue weighted by atomic mass is 10.1. The number of imidazole rings is 2. The van der Waals surface area contributed by atoms with E-state index < -0.39 is 17.6 Å². The highest BCUT2D eigenvalue weighted by Gasteiger charge is 2.31. The number of hydrogen-bond donors (Lipinski definition) is 3. The third kappa shape index (κ3) is 5.09. The van der Waals surface area contributed by atoms with Crippen molar-refractivity contribution in [3.8, 4) is 11.5 Å². The van der Waals surface area contributed by atoms with E-state index in [-0.39, 0.29) is 16.9 Å². The lowest BCUT2D eigenvalue weighted by Crippen LogP contribution is -2.14. The Morgan fingerprint density at radius 1 is 1.02 bits per heavy atom. The van der Waals surface area contributed by atoms with Crippen molar-refractivity contribution in [3.63, 3.8) is 0 Å². The normalized spacial score (nSPS) is 11.6. The number of halogens is 3. The van der Waals surface area contributed by atoms with Crippen molar-refractivity contribution in [2.45, 2.75) is 20.0 Å². The Morgan fingerprint density at radius 3 is 2.66 bits per heavy atom. The van der Waals surface area contributed by atoms with E-state index >= 15 is 0 Å². The summed E-state index contributed by atoms with van der Waals surface area (Å²) >= 11 is 0. The van der Waals surface area contributed by atoms with Gasteiger partial charge in [-0.1, -0.05) is 6.07 Å². The predicted octanol–water partition coefficient (Wildman–Crippen LogP) is 5.36. The molecular formula is C27H21F3N10O. The highest BCUT2D eigenvalue weighted by atomic mass is 19.4. The second-order valence-electron chi connectivity index (χ2n) is 9.25. The second kappa shape index (κ2) is 9.89. The van der Waals surface area contributed by atoms with Crippen LogP contribution < -0.4 is 10.6 Å². The van der Waals surface area contributed by atoms with E-state index in [4.69, 9.17) is 0 Å². The number of anilines is 3. The molecule has 0 aliphatic rings. The molecule has 0 bridgehead atoms. The predicted molar refractivity (Wildman–Crippen MR) is 145 cm³/mol. The molecule has 0 atom stereocenters. The van der Waals surface area contributed by atoms with Crippen LogP contribution in [0.15, 0.2) is 73.8 Å². The molecule has 0 aliphatic carbocycles. The summed E-state index contributed by atoms with van der Waals surface area (Å²) in [7, 11) is 0. The van der Waals surface area contributed by atoms with Gasteiger partial charge in [-0.15, -0.1) is 0 Å². The number of H-pyrrole nitrogens is 1. The number of benzene rings is 2. The Morgan fingerprint density at radius 2 is 1.88 bits per heavy atom. The van der Waals surface area contributed by atoms with Crippen LogP contribution in [0.1, 0.15) is 27.2 Å². The SMILES string of the molecule is Cc1cn(-c2cc(NC(=O)c3ccc(C)c(Nc4nccn4-c4ncnc5[nH]ncc45)c3)cc(C(F)(F)F)c2)cn1. The highest BCUT2D eigenvalue weighted by molar-refractivity contribution is 6.05. The van der Waals surface area contributed by atoms with Crippen molar-refractivity contribution in [3.05, 3.63) is 96.2 Å². The van der Waals surface area contributed by atoms with Gasteiger partial charge in [-0.05, 0) is 49.7 Å². The van der Waals surface area contributed by atoms with Gasteiger partial charge in [-0.3, -0.25) is 14.5 Å². The molecule has 11 nitrogen and oxygen atoms in total. The van der Waals surface area contributed by atoms with E-state index in [0.717, 1.165) is 17.7 Å². The molecule has 6 rings (SSSR count). The summed E-state index contributed by atoms with van der Waals surface area (Å²) in [6.45, 7) is 3.58. The molecule has 41 heavy (non-hydrogen) atoms. The van der Waals surface area contributed by atoms with Crippen molar-refractivity contribution < 1.29 is 18.0 Å². The maximum absolute atomic E-state index is 13.7. The number of aromatic nitrogens is 8. The Kier molecular flexibility index (Phi) is 6.21. The number of carbonyl (C=O) groups excluding carboxylic acids is 1. The second-order valence-corrected chi connectivity index (χ2v) is 9.25. The van der Waals surface area contributed by atoms with Crippen molar-refractivity contribution >= 4 is 34.3 Å². The molecular weight excluding hydrogens is 537 g/mol. The lowest BCUT2D eigenvalue weighted by Gasteiger charge is -2.15. The van der Waals surface area contributed by atoms with Gasteiger partial charge in [-0.25, -0.2) is 19.9 Å². The molecule has 4 aromatic heterocycles. The first-order chi connectivity index (χ1) is 19.7. The maximum Gasteiger partial charge on any atom is 0.416 e. The minimum atomic E-state index is -4.61. The van der Waals surface area contributed by atoms with Crippen LogP contribution in [0.2, 0.25) is 0 Å². The minimum Gasteiger partial charge on any atom is -0.325 e. The van der Waals surface area contributed by atoms with Gasteiger partial charge in [-0.2, -0.15) is 18.3 Å². The average Bonchev–Trinajstić information content (AvgIpc) is 3.70. The molecule has 2 aromatic carbocycles. The maximum atomic E-state index is 13.7. The van der Waals surface area contributed by atoms with Crippen LogP contribution in [-0.2, 0) is 6.18 Å². The average molecular weight is 559 g/mol. The van der Waals surface area contributed by atoms with Gasteiger partial charge >= 0.3 is 6.18 Å². The third-order valence-corrected chi connectivity index (χ3v) is 6.35. The monoisotopic (exact) mass is 558 g/mol. The number of aryl methyl sites for hydroxylation is 2. The first kappa shape index (κ1) is 25.7. The van der Waals surface area contributed by atoms with Crippen LogP contribution >= 0.6 is 0 Å². The fourth-order valence-corrected chi connectivity index (χ4v) is 4.29. The van der Waals surface area contributed by atoms with E-state index in [9.17, 15) is 18.0 Å². The van der Waals surface area contributed by atoms with Gasteiger partial charge in [0.2, 0.25) is 5.95 Å². The first-order valence-electron chi connectivity index (χ1n) is 12.3. The molecule has 0 aliphatic heterocycles. The molecule has 0 saturated heterocycles. The van der Waals surface area contributed by atoms with Crippen LogP contribution in [-0.4, -0.2) is 45.2 Å². The summed E-state index contributed by atoms with van der Waals surface area (Å²) in [5, 5.41) is 13.3. The summed E-state index contributed by atoms with van der Waals surface area (Å²) in [5.41, 5.74) is 2.12. The van der Waals surface area contributed by atoms with Crippen LogP contribution in [0.4, 0.5) is 30.5 Å². The smallest absolute Gasteiger partial charge is 0.325 e. The molecule has 0 saturated carbocycles. The Bertz CT molecular complexity index is 1900. The molecule has 4 heterocycles. The van der Waals surface area contributed by atoms with Crippen LogP contribution in [0.3, 0.4) is 0 Å². The lowest BCUT2D eigenvalue weighted by molar-refractivity contribution is -0.137. The number of aromatic amines is 1. The Labute approximate surface area is 230 Å². The number of carbonyl (C=O) groups is 1. The number of alkyl halides is 3. The molecule has 0 spiro atoms. The van der Waals surface area contributed by atoms with Crippen molar-refractivity contribution in [1.29, 1.82) is 0 Å². The zero-order valence-electron chi connectivity index (χ0n) is 21.6. The van der Waals surface area contributed by atoms with Crippen molar-refractivity contribution in [2.24, 2.45) is 0 Å². The number of hydrogen-bond acceptors (Lipinski definition) is 7. The molecule has 0 radical (unpaired) electrons. The van der Waals surface area contributed by atoms with Crippen LogP contribution in [0.5, 0.6) is 0 Å². The largest absolute Gasteiger partial charge is 0.416 e. The van der Waals surface area contributed by atoms with Crippen LogP contribution in [0.25, 0.3) is 22.5 Å². The molecule has 14 heteroatoms. The molecule has 6 aromatic rings. The van der Waals surface area contributed by atoms with E-state index in [0.29, 0.717) is 34.2 Å². The van der Waals surface area contributed by atoms with Gasteiger partial charge in [0.1, 0.15) is 6.33 Å². The summed E-state index contributed by atoms with van der Waals surface area (Å²) in [6, 6.07) is 8.28. The van der Waals surface area contributed by atoms with E-state index in [1.165, 1.54) is 23.3 Å². The number of nitrogens with zero attached hydrogens (tertiary/aromatic N) is 7. The van der Waals surface area contributed by atoms with Crippen molar-refractivity contribution in [1.82, 2.24) is 39.3 Å². The summed E-state index contributed by atoms with van der Waals surface area (Å²) in [4.78, 5) is 30.2. The zero-order chi connectivity index (χ0) is 28.7. The van der Waals surface area contributed by atoms with E-state index in [2.05, 4.69) is 40.8 Å². The number of amides is 1. The summed E-state index contributed by atoms with van der Waals surface area (Å²) in [6.07, 6.45) is 4.73. The van der Waals surface area contributed by atoms with Gasteiger partial charge in [0.05, 0.1) is 29.2 Å². The molecule has 1 amide bonds. The number of rotatable bonds is 6. The molecule has 206 valence electrons. The van der Waals surface area contributed by atoms with E-state index in [1.54, 1.807) is 54.5 Å². The first-order valence-corrected chi connectivity index (χ1v) is 12.3. The van der Waals surface area contributed by atoms with E-state index in [1.807, 2.05) is 6.92 Å². The Balaban J connectivity index is 1.29. The zero-order valence-corrected chi connectivity index (χ0v) is 21.6. The molecule has 3 N–H and O–H groups in total. The third-order valence-electron chi connectivity index (χ3n) is 6.35. The quantitative estimate of drug-likeness (QED) is 0.251. The van der Waals surface area contributed by atoms with Gasteiger partial charge in [0, 0.05) is 41.2 Å². The fourth-order valence-electron chi connectivity index (χ4n) is 4.29. The van der Waals surface area contributed by atoms with Gasteiger partial charge in [0.25, 0.3) is 5.91 Å². The van der Waals surface area contributed by atoms with Crippen molar-refractivity contribution in [2.75, 3.05) is 10.6 Å². The fraction of sp³-hybridized carbons (Fsp3) is 0.111. The Hall–Kier alpha value is -5.53. The van der Waals surface area contributed by atoms with Crippen LogP contribution in [0, 0.1) is 13.8 Å². The summed E-state index contributed by atoms with van der Waals surface area (Å²) in [5.74, 6) is 0.383. The summed E-state index contributed by atoms with van der Waals surface area (Å²) < 4.78 is 44.2. The molecule has 0 fully saturated rings.